The van der Waals surface area contributed by atoms with Gasteiger partial charge >= 0.3 is 0 Å². The minimum atomic E-state index is -0.731. The number of carbonyl (C=O) groups is 5. The average Bonchev–Trinajstić information content (AvgIpc) is 3.65. The molecule has 2 fully saturated rings. The number of β-amino-alcohol motifs (C(OH)–C–C–N with tert-alkyl or cyclic N) is 1. The normalized spacial score (nSPS) is 22.0. The van der Waals surface area contributed by atoms with Crippen molar-refractivity contribution in [2.75, 3.05) is 39.3 Å². The predicted molar refractivity (Wildman–Crippen MR) is 174 cm³/mol. The molecule has 1 aromatic heterocycles. The van der Waals surface area contributed by atoms with Crippen LogP contribution in [0.5, 0.6) is 5.75 Å². The molecule has 4 heterocycles. The first-order valence-corrected chi connectivity index (χ1v) is 16.9. The number of ether oxygens (including phenoxy) is 1. The molecule has 3 atom stereocenters. The number of nitrogens with zero attached hydrogens (tertiary/aromatic N) is 4. The van der Waals surface area contributed by atoms with Crippen LogP contribution in [0.15, 0.2) is 53.1 Å². The van der Waals surface area contributed by atoms with Gasteiger partial charge in [0, 0.05) is 43.1 Å². The van der Waals surface area contributed by atoms with E-state index in [-0.39, 0.29) is 50.3 Å². The molecule has 49 heavy (non-hydrogen) atoms. The minimum absolute atomic E-state index is 0.0860. The fourth-order valence-corrected chi connectivity index (χ4v) is 7.59. The summed E-state index contributed by atoms with van der Waals surface area (Å²) in [6, 6.07) is 13.1. The van der Waals surface area contributed by atoms with Crippen LogP contribution in [0.4, 0.5) is 0 Å². The van der Waals surface area contributed by atoms with Crippen LogP contribution in [0.25, 0.3) is 0 Å². The number of hydrogen-bond donors (Lipinski definition) is 2. The Kier molecular flexibility index (Phi) is 8.93. The van der Waals surface area contributed by atoms with Gasteiger partial charge in [-0.25, -0.2) is 0 Å². The van der Waals surface area contributed by atoms with E-state index in [9.17, 15) is 29.1 Å². The Balaban J connectivity index is 1.17. The van der Waals surface area contributed by atoms with Crippen molar-refractivity contribution < 1.29 is 38.3 Å². The van der Waals surface area contributed by atoms with E-state index in [0.29, 0.717) is 54.0 Å². The molecule has 13 nitrogen and oxygen atoms in total. The Bertz CT molecular complexity index is 1760. The standard InChI is InChI=1S/C36H39N5O8/c1-21-17-28(38-49-21)32(43)37-14-16-48-30-12-6-7-22-13-15-40(34(45)25-9-3-2-8-24(25)33(44)39-18-23(42)19-39)29(31(22)30)20-41-35(46)26-10-4-5-11-27(26)36(41)47/h4-7,10-12,17,23-25,29,42H,2-3,8-9,13-16,18-20H2,1H3,(H,37,43)/t24-,25+,29?/m0/s1. The highest BCUT2D eigenvalue weighted by Gasteiger charge is 2.46. The van der Waals surface area contributed by atoms with Crippen LogP contribution in [0.3, 0.4) is 0 Å². The molecule has 0 spiro atoms. The molecule has 1 saturated carbocycles. The number of aryl methyl sites for hydroxylation is 1. The number of amides is 5. The molecule has 3 aliphatic heterocycles. The summed E-state index contributed by atoms with van der Waals surface area (Å²) in [6.45, 7) is 2.77. The summed E-state index contributed by atoms with van der Waals surface area (Å²) in [5.74, 6) is -1.61. The van der Waals surface area contributed by atoms with Crippen molar-refractivity contribution in [3.8, 4) is 5.75 Å². The number of likely N-dealkylation sites (tertiary alicyclic amines) is 1. The second kappa shape index (κ2) is 13.5. The zero-order valence-corrected chi connectivity index (χ0v) is 27.3. The molecule has 1 saturated heterocycles. The SMILES string of the molecule is Cc1cc(C(=O)NCCOc2cccc3c2C(CN2C(=O)c4ccccc4C2=O)N(C(=O)[C@@H]2CCCC[C@@H]2C(=O)N2CC(O)C2)CC3)no1. The number of aromatic nitrogens is 1. The van der Waals surface area contributed by atoms with Crippen LogP contribution < -0.4 is 10.1 Å². The molecule has 0 bridgehead atoms. The lowest BCUT2D eigenvalue weighted by Crippen LogP contribution is -2.57. The Morgan fingerprint density at radius 1 is 0.980 bits per heavy atom. The molecule has 256 valence electrons. The van der Waals surface area contributed by atoms with Crippen LogP contribution in [0.2, 0.25) is 0 Å². The Morgan fingerprint density at radius 3 is 2.33 bits per heavy atom. The van der Waals surface area contributed by atoms with E-state index in [1.165, 1.54) is 11.0 Å². The number of imide groups is 1. The maximum absolute atomic E-state index is 14.6. The molecule has 7 rings (SSSR count). The summed E-state index contributed by atoms with van der Waals surface area (Å²) >= 11 is 0. The van der Waals surface area contributed by atoms with Gasteiger partial charge in [0.15, 0.2) is 5.69 Å². The van der Waals surface area contributed by atoms with Crippen molar-refractivity contribution in [2.24, 2.45) is 11.8 Å². The first kappa shape index (κ1) is 32.5. The number of hydrogen-bond acceptors (Lipinski definition) is 9. The minimum Gasteiger partial charge on any atom is -0.491 e. The molecule has 2 N–H and O–H groups in total. The molecule has 13 heteroatoms. The number of carbonyl (C=O) groups excluding carboxylic acids is 5. The first-order chi connectivity index (χ1) is 23.7. The van der Waals surface area contributed by atoms with Gasteiger partial charge in [-0.15, -0.1) is 0 Å². The highest BCUT2D eigenvalue weighted by molar-refractivity contribution is 6.21. The van der Waals surface area contributed by atoms with Crippen LogP contribution in [0, 0.1) is 18.8 Å². The van der Waals surface area contributed by atoms with Crippen LogP contribution in [0.1, 0.15) is 79.8 Å². The third-order valence-electron chi connectivity index (χ3n) is 10.1. The van der Waals surface area contributed by atoms with Gasteiger partial charge in [-0.1, -0.05) is 42.3 Å². The molecule has 1 unspecified atom stereocenters. The number of benzene rings is 2. The molecule has 2 aromatic carbocycles. The van der Waals surface area contributed by atoms with Gasteiger partial charge in [-0.3, -0.25) is 28.9 Å². The number of fused-ring (bicyclic) bond motifs is 2. The molecule has 1 aliphatic carbocycles. The fraction of sp³-hybridized carbons (Fsp3) is 0.444. The summed E-state index contributed by atoms with van der Waals surface area (Å²) in [5, 5.41) is 16.3. The predicted octanol–water partition coefficient (Wildman–Crippen LogP) is 2.52. The molecule has 0 radical (unpaired) electrons. The summed E-state index contributed by atoms with van der Waals surface area (Å²) in [5.41, 5.74) is 2.42. The fourth-order valence-electron chi connectivity index (χ4n) is 7.59. The van der Waals surface area contributed by atoms with Gasteiger partial charge in [0.1, 0.15) is 18.1 Å². The number of aliphatic hydroxyl groups is 1. The third kappa shape index (κ3) is 6.18. The summed E-state index contributed by atoms with van der Waals surface area (Å²) < 4.78 is 11.2. The van der Waals surface area contributed by atoms with Gasteiger partial charge in [0.25, 0.3) is 17.7 Å². The second-order valence-corrected chi connectivity index (χ2v) is 13.2. The number of nitrogens with one attached hydrogen (secondary N) is 1. The van der Waals surface area contributed by atoms with Crippen LogP contribution in [-0.2, 0) is 16.0 Å². The van der Waals surface area contributed by atoms with Gasteiger partial charge < -0.3 is 29.5 Å². The summed E-state index contributed by atoms with van der Waals surface area (Å²) in [4.78, 5) is 72.4. The second-order valence-electron chi connectivity index (χ2n) is 13.2. The molecular weight excluding hydrogens is 630 g/mol. The van der Waals surface area contributed by atoms with Crippen molar-refractivity contribution in [2.45, 2.75) is 51.2 Å². The van der Waals surface area contributed by atoms with Gasteiger partial charge in [-0.05, 0) is 49.9 Å². The van der Waals surface area contributed by atoms with E-state index >= 15 is 0 Å². The van der Waals surface area contributed by atoms with Gasteiger partial charge in [0.05, 0.1) is 36.4 Å². The maximum atomic E-state index is 14.6. The Hall–Kier alpha value is -5.04. The zero-order chi connectivity index (χ0) is 34.2. The molecule has 5 amide bonds. The Morgan fingerprint density at radius 2 is 1.67 bits per heavy atom. The quantitative estimate of drug-likeness (QED) is 0.258. The van der Waals surface area contributed by atoms with Crippen molar-refractivity contribution in [1.82, 2.24) is 25.2 Å². The van der Waals surface area contributed by atoms with E-state index in [1.54, 1.807) is 47.1 Å². The summed E-state index contributed by atoms with van der Waals surface area (Å²) in [6.07, 6.45) is 2.76. The van der Waals surface area contributed by atoms with E-state index in [1.807, 2.05) is 12.1 Å². The van der Waals surface area contributed by atoms with Gasteiger partial charge in [-0.2, -0.15) is 0 Å². The monoisotopic (exact) mass is 669 g/mol. The zero-order valence-electron chi connectivity index (χ0n) is 27.3. The van der Waals surface area contributed by atoms with E-state index < -0.39 is 41.7 Å². The lowest BCUT2D eigenvalue weighted by atomic mass is 9.76. The Labute approximate surface area is 283 Å². The largest absolute Gasteiger partial charge is 0.491 e. The van der Waals surface area contributed by atoms with Crippen molar-refractivity contribution in [1.29, 1.82) is 0 Å². The maximum Gasteiger partial charge on any atom is 0.273 e. The lowest BCUT2D eigenvalue weighted by molar-refractivity contribution is -0.155. The van der Waals surface area contributed by atoms with Crippen molar-refractivity contribution in [3.05, 3.63) is 82.2 Å². The molecule has 3 aromatic rings. The molecular formula is C36H39N5O8. The topological polar surface area (TPSA) is 163 Å². The highest BCUT2D eigenvalue weighted by Crippen LogP contribution is 2.42. The van der Waals surface area contributed by atoms with Crippen molar-refractivity contribution in [3.63, 3.8) is 0 Å². The van der Waals surface area contributed by atoms with Crippen molar-refractivity contribution >= 4 is 29.5 Å². The summed E-state index contributed by atoms with van der Waals surface area (Å²) in [7, 11) is 0. The third-order valence-corrected chi connectivity index (χ3v) is 10.1. The van der Waals surface area contributed by atoms with E-state index in [2.05, 4.69) is 10.5 Å². The van der Waals surface area contributed by atoms with E-state index in [0.717, 1.165) is 18.4 Å². The van der Waals surface area contributed by atoms with E-state index in [4.69, 9.17) is 9.26 Å². The van der Waals surface area contributed by atoms with Gasteiger partial charge in [0.2, 0.25) is 11.8 Å². The first-order valence-electron chi connectivity index (χ1n) is 16.9. The lowest BCUT2D eigenvalue weighted by Gasteiger charge is -2.44. The molecule has 4 aliphatic rings. The highest BCUT2D eigenvalue weighted by atomic mass is 16.5. The average molecular weight is 670 g/mol. The van der Waals surface area contributed by atoms with Crippen LogP contribution >= 0.6 is 0 Å². The smallest absolute Gasteiger partial charge is 0.273 e. The number of aliphatic hydroxyl groups excluding tert-OH is 1. The van der Waals surface area contributed by atoms with Crippen LogP contribution in [-0.4, -0.2) is 99.9 Å². The number of rotatable bonds is 9.